The van der Waals surface area contributed by atoms with Gasteiger partial charge in [-0.05, 0) is 210 Å². The first-order chi connectivity index (χ1) is 60.8. The summed E-state index contributed by atoms with van der Waals surface area (Å²) in [6.07, 6.45) is 22.4. The van der Waals surface area contributed by atoms with Crippen LogP contribution in [0, 0.1) is 31.3 Å². The third kappa shape index (κ3) is 22.6. The number of rotatable bonds is 22. The molecule has 16 N–H and O–H groups in total. The molecule has 126 heavy (non-hydrogen) atoms. The third-order valence-corrected chi connectivity index (χ3v) is 22.9. The van der Waals surface area contributed by atoms with Crippen LogP contribution in [0.15, 0.2) is 195 Å². The van der Waals surface area contributed by atoms with Gasteiger partial charge in [0, 0.05) is 230 Å². The zero-order chi connectivity index (χ0) is 89.2. The topological polar surface area (TPSA) is 411 Å². The van der Waals surface area contributed by atoms with Gasteiger partial charge in [0.15, 0.2) is 23.1 Å². The number of pyridine rings is 8. The fourth-order valence-electron chi connectivity index (χ4n) is 16.4. The van der Waals surface area contributed by atoms with Crippen LogP contribution < -0.4 is 74.9 Å². The fraction of sp³-hybridized carbons (Fsp3) is 0.292. The smallest absolute Gasteiger partial charge is 0.187 e. The number of nitrogens with zero attached hydrogens (tertiary/aromatic N) is 12. The summed E-state index contributed by atoms with van der Waals surface area (Å²) in [7, 11) is 2.95. The van der Waals surface area contributed by atoms with Gasteiger partial charge in [-0.15, -0.1) is 0 Å². The standard InChI is InChI=1S/C24H26ClN5O.2C24H26FN5O2.C24H26FN5O/c1-15-11-17(25)4-5-19(15)21-7-6-20(27)24(29-21)23(31)12-16-13-28-9-8-22(16)30-10-2-3-18(26)14-30;1-32-23-7-4-16(25)12-18(23)20-6-5-19(27)24(29-20)22(31)11-15-13-28-9-8-21(15)30-10-2-3-17(26)14-30;1-32-23-12-16(25)4-5-18(23)20-7-6-19(27)24(29-20)22(31)11-15-13-28-9-8-21(15)30-10-2-3-17(26)14-30;1-15-11-17(25)4-5-19(15)21-7-6-20(27)24(29-21)23(31)12-16-13-28-9-8-22(16)30-10-2-3-18(26)14-30/h4-9,11,13,18H,2-3,10,12,14,26-27H2,1H3;2*4-9,12-13,17H,2-3,10-11,14,26-27H2,1H3;4-9,11,13,18H,2-3,10,12,14,26-27H2,1H3/t18-;2*17-;18-/m0000/s1. The number of Topliss-reactive ketones (excluding diaryl/α,β-unsaturated/α-hetero) is 4. The summed E-state index contributed by atoms with van der Waals surface area (Å²) in [6, 6.07) is 40.1. The quantitative estimate of drug-likeness (QED) is 0.0292. The van der Waals surface area contributed by atoms with Gasteiger partial charge in [0.25, 0.3) is 0 Å². The van der Waals surface area contributed by atoms with E-state index in [1.54, 1.807) is 104 Å². The Morgan fingerprint density at radius 1 is 0.365 bits per heavy atom. The van der Waals surface area contributed by atoms with Crippen LogP contribution in [-0.2, 0) is 25.7 Å². The maximum Gasteiger partial charge on any atom is 0.187 e. The molecule has 16 rings (SSSR count). The van der Waals surface area contributed by atoms with Crippen molar-refractivity contribution in [3.05, 3.63) is 274 Å². The van der Waals surface area contributed by atoms with Crippen molar-refractivity contribution in [2.24, 2.45) is 22.9 Å². The summed E-state index contributed by atoms with van der Waals surface area (Å²) in [5.41, 5.74) is 64.8. The molecule has 0 radical (unpaired) electrons. The van der Waals surface area contributed by atoms with Crippen molar-refractivity contribution in [3.8, 4) is 56.5 Å². The van der Waals surface area contributed by atoms with E-state index in [0.29, 0.717) is 61.8 Å². The Labute approximate surface area is 735 Å². The van der Waals surface area contributed by atoms with Crippen LogP contribution in [0.3, 0.4) is 0 Å². The summed E-state index contributed by atoms with van der Waals surface area (Å²) in [5, 5.41) is 0.662. The molecular weight excluding hydrogens is 1620 g/mol. The predicted octanol–water partition coefficient (Wildman–Crippen LogP) is 14.0. The number of nitrogen functional groups attached to an aromatic ring is 4. The first kappa shape index (κ1) is 90.4. The van der Waals surface area contributed by atoms with Crippen LogP contribution in [0.1, 0.15) is 127 Å². The van der Waals surface area contributed by atoms with Crippen molar-refractivity contribution < 1.29 is 41.8 Å². The van der Waals surface area contributed by atoms with E-state index in [0.717, 1.165) is 171 Å². The highest BCUT2D eigenvalue weighted by Crippen LogP contribution is 2.37. The number of aromatic nitrogens is 8. The molecule has 4 aliphatic heterocycles. The number of ether oxygens (including phenoxy) is 2. The number of hydrogen-bond donors (Lipinski definition) is 8. The van der Waals surface area contributed by atoms with Gasteiger partial charge in [-0.25, -0.2) is 33.1 Å². The number of anilines is 8. The monoisotopic (exact) mass is 1720 g/mol. The molecule has 8 aromatic heterocycles. The summed E-state index contributed by atoms with van der Waals surface area (Å²) in [4.78, 5) is 96.7. The minimum atomic E-state index is -0.424. The number of ketones is 4. The van der Waals surface area contributed by atoms with Crippen LogP contribution in [0.4, 0.5) is 58.7 Å². The average molecular weight is 1730 g/mol. The molecule has 0 saturated carbocycles. The zero-order valence-electron chi connectivity index (χ0n) is 70.9. The first-order valence-corrected chi connectivity index (χ1v) is 42.3. The van der Waals surface area contributed by atoms with Gasteiger partial charge < -0.3 is 74.9 Å². The first-order valence-electron chi connectivity index (χ1n) is 41.9. The fourth-order valence-corrected chi connectivity index (χ4v) is 16.6. The number of carbonyl (C=O) groups excluding carboxylic acids is 4. The van der Waals surface area contributed by atoms with Gasteiger partial charge in [0.1, 0.15) is 51.7 Å². The van der Waals surface area contributed by atoms with E-state index in [9.17, 15) is 32.3 Å². The second-order valence-corrected chi connectivity index (χ2v) is 32.4. The Kier molecular flexibility index (Phi) is 30.1. The summed E-state index contributed by atoms with van der Waals surface area (Å²) in [6.45, 7) is 10.4. The minimum Gasteiger partial charge on any atom is -0.496 e. The summed E-state index contributed by atoms with van der Waals surface area (Å²) < 4.78 is 51.5. The van der Waals surface area contributed by atoms with Crippen molar-refractivity contribution in [2.75, 3.05) is 109 Å². The minimum absolute atomic E-state index is 0.0931. The number of benzene rings is 4. The molecule has 4 atom stereocenters. The van der Waals surface area contributed by atoms with Crippen LogP contribution in [0.5, 0.6) is 11.5 Å². The Morgan fingerprint density at radius 3 is 0.984 bits per heavy atom. The van der Waals surface area contributed by atoms with E-state index in [2.05, 4.69) is 59.5 Å². The highest BCUT2D eigenvalue weighted by Gasteiger charge is 2.29. The second-order valence-electron chi connectivity index (χ2n) is 32.0. The van der Waals surface area contributed by atoms with E-state index < -0.39 is 11.6 Å². The zero-order valence-corrected chi connectivity index (χ0v) is 71.6. The van der Waals surface area contributed by atoms with Crippen molar-refractivity contribution in [3.63, 3.8) is 0 Å². The molecule has 12 aromatic rings. The molecule has 4 fully saturated rings. The lowest BCUT2D eigenvalue weighted by Crippen LogP contribution is -2.43. The molecule has 26 nitrogen and oxygen atoms in total. The molecule has 4 aliphatic rings. The molecule has 0 bridgehead atoms. The molecule has 0 unspecified atom stereocenters. The molecule has 12 heterocycles. The van der Waals surface area contributed by atoms with Crippen LogP contribution in [0.2, 0.25) is 5.02 Å². The molecule has 30 heteroatoms. The van der Waals surface area contributed by atoms with Crippen molar-refractivity contribution in [1.29, 1.82) is 0 Å². The highest BCUT2D eigenvalue weighted by molar-refractivity contribution is 6.30. The number of carbonyl (C=O) groups is 4. The molecule has 4 saturated heterocycles. The Balaban J connectivity index is 0.000000144. The van der Waals surface area contributed by atoms with Crippen LogP contribution in [-0.4, -0.2) is 154 Å². The number of aryl methyl sites for hydroxylation is 2. The lowest BCUT2D eigenvalue weighted by atomic mass is 10.0. The number of nitrogens with two attached hydrogens (primary N) is 8. The Bertz CT molecular complexity index is 5760. The maximum atomic E-state index is 13.8. The van der Waals surface area contributed by atoms with Gasteiger partial charge in [-0.3, -0.25) is 39.1 Å². The van der Waals surface area contributed by atoms with Gasteiger partial charge in [0.2, 0.25) is 0 Å². The normalized spacial score (nSPS) is 16.2. The van der Waals surface area contributed by atoms with Gasteiger partial charge in [0.05, 0.1) is 59.7 Å². The Hall–Kier alpha value is -13.3. The van der Waals surface area contributed by atoms with Crippen LogP contribution in [0.25, 0.3) is 45.0 Å². The van der Waals surface area contributed by atoms with Gasteiger partial charge in [-0.1, -0.05) is 17.7 Å². The van der Waals surface area contributed by atoms with Crippen molar-refractivity contribution >= 4 is 80.2 Å². The summed E-state index contributed by atoms with van der Waals surface area (Å²) >= 11 is 6.08. The number of piperidine rings is 4. The number of methoxy groups -OCH3 is 2. The maximum absolute atomic E-state index is 13.8. The SMILES string of the molecule is COc1cc(F)ccc1-c1ccc(N)c(C(=O)Cc2cnccc2N2CCC[C@H](N)C2)n1.COc1ccc(F)cc1-c1ccc(N)c(C(=O)Cc2cnccc2N2CCC[C@H](N)C2)n1.Cc1cc(Cl)ccc1-c1ccc(N)c(C(=O)Cc2cnccc2N2CCC[C@H](N)C2)n1.Cc1cc(F)ccc1-c1ccc(N)c(C(=O)Cc2cnccc2N2CCC[C@H](N)C2)n1. The predicted molar refractivity (Wildman–Crippen MR) is 491 cm³/mol. The number of halogens is 4. The largest absolute Gasteiger partial charge is 0.496 e. The molecular formula is C96H104ClF3N20O6. The highest BCUT2D eigenvalue weighted by atomic mass is 35.5. The number of hydrogen-bond acceptors (Lipinski definition) is 26. The molecule has 4 aromatic carbocycles. The average Bonchev–Trinajstić information content (AvgIpc) is 0.813. The van der Waals surface area contributed by atoms with Gasteiger partial charge >= 0.3 is 0 Å². The Morgan fingerprint density at radius 2 is 0.659 bits per heavy atom. The van der Waals surface area contributed by atoms with E-state index in [1.165, 1.54) is 56.7 Å². The van der Waals surface area contributed by atoms with Crippen molar-refractivity contribution in [2.45, 2.75) is 115 Å². The molecule has 0 spiro atoms. The second kappa shape index (κ2) is 41.9. The van der Waals surface area contributed by atoms with E-state index >= 15 is 0 Å². The summed E-state index contributed by atoms with van der Waals surface area (Å²) in [5.74, 6) is -1.15. The van der Waals surface area contributed by atoms with E-state index in [-0.39, 0.29) is 113 Å². The molecule has 0 aliphatic carbocycles. The molecule has 652 valence electrons. The van der Waals surface area contributed by atoms with E-state index in [4.69, 9.17) is 66.9 Å². The van der Waals surface area contributed by atoms with Crippen molar-refractivity contribution in [1.82, 2.24) is 39.9 Å². The van der Waals surface area contributed by atoms with Gasteiger partial charge in [-0.2, -0.15) is 0 Å². The lowest BCUT2D eigenvalue weighted by Gasteiger charge is -2.33. The molecule has 0 amide bonds. The van der Waals surface area contributed by atoms with Crippen LogP contribution >= 0.6 is 11.6 Å². The van der Waals surface area contributed by atoms with E-state index in [1.807, 2.05) is 62.4 Å². The third-order valence-electron chi connectivity index (χ3n) is 22.7. The lowest BCUT2D eigenvalue weighted by molar-refractivity contribution is 0.0981.